The summed E-state index contributed by atoms with van der Waals surface area (Å²) in [6.07, 6.45) is -2.84. The van der Waals surface area contributed by atoms with Crippen LogP contribution >= 0.6 is 11.3 Å². The molecule has 2 aromatic rings. The molecular formula is C32H42FN5O5S. The van der Waals surface area contributed by atoms with E-state index in [1.54, 1.807) is 33.2 Å². The van der Waals surface area contributed by atoms with Crippen molar-refractivity contribution in [3.05, 3.63) is 35.0 Å². The molecule has 1 saturated carbocycles. The standard InChI is InChI=1S/C32H42FN5O5S/c1-17(20-10-9-19(25-18(2)35-16-44-25)13-22(20)43-31(6,7)8)36-27(40)24-23(33)21(39)14-38(24)28(41)26(30(3,4)5)37-29(42)32(15-34)11-12-32/h9-10,13,16-17,21,23-24,26,39H,11-12,14H2,1-8H3,(H,36,40)(H,37,42)/t17-,21-,23-,24-,26+/m0/s1. The lowest BCUT2D eigenvalue weighted by Gasteiger charge is -2.36. The molecule has 5 atom stereocenters. The molecule has 2 heterocycles. The summed E-state index contributed by atoms with van der Waals surface area (Å²) >= 11 is 1.51. The monoisotopic (exact) mass is 627 g/mol. The van der Waals surface area contributed by atoms with Gasteiger partial charge in [-0.1, -0.05) is 32.9 Å². The minimum atomic E-state index is -2.04. The number of amides is 3. The zero-order chi connectivity index (χ0) is 32.8. The van der Waals surface area contributed by atoms with Crippen LogP contribution in [0.15, 0.2) is 23.7 Å². The minimum absolute atomic E-state index is 0.393. The van der Waals surface area contributed by atoms with E-state index in [1.165, 1.54) is 11.3 Å². The number of nitrogens with one attached hydrogen (secondary N) is 2. The third-order valence-electron chi connectivity index (χ3n) is 7.99. The van der Waals surface area contributed by atoms with E-state index in [2.05, 4.69) is 15.6 Å². The Morgan fingerprint density at radius 3 is 2.39 bits per heavy atom. The first kappa shape index (κ1) is 33.3. The Hall–Kier alpha value is -3.56. The van der Waals surface area contributed by atoms with Crippen molar-refractivity contribution >= 4 is 29.1 Å². The average molecular weight is 628 g/mol. The molecule has 44 heavy (non-hydrogen) atoms. The molecule has 0 bridgehead atoms. The lowest BCUT2D eigenvalue weighted by molar-refractivity contribution is -0.145. The fourth-order valence-electron chi connectivity index (χ4n) is 5.32. The molecule has 0 unspecified atom stereocenters. The van der Waals surface area contributed by atoms with Crippen LogP contribution in [0.5, 0.6) is 5.75 Å². The number of nitriles is 1. The molecule has 0 radical (unpaired) electrons. The quantitative estimate of drug-likeness (QED) is 0.398. The third-order valence-corrected chi connectivity index (χ3v) is 8.97. The number of hydrogen-bond acceptors (Lipinski definition) is 8. The lowest BCUT2D eigenvalue weighted by atomic mass is 9.85. The highest BCUT2D eigenvalue weighted by Gasteiger charge is 2.54. The van der Waals surface area contributed by atoms with Crippen LogP contribution in [0.2, 0.25) is 0 Å². The van der Waals surface area contributed by atoms with E-state index in [0.717, 1.165) is 21.0 Å². The summed E-state index contributed by atoms with van der Waals surface area (Å²) in [7, 11) is 0. The number of ether oxygens (including phenoxy) is 1. The molecule has 2 aliphatic rings. The Morgan fingerprint density at radius 1 is 1.20 bits per heavy atom. The number of rotatable bonds is 8. The zero-order valence-corrected chi connectivity index (χ0v) is 27.3. The number of aliphatic hydroxyl groups excluding tert-OH is 1. The number of nitrogens with zero attached hydrogens (tertiary/aromatic N) is 3. The Morgan fingerprint density at radius 2 is 1.86 bits per heavy atom. The van der Waals surface area contributed by atoms with E-state index in [1.807, 2.05) is 52.0 Å². The number of aromatic nitrogens is 1. The maximum Gasteiger partial charge on any atom is 0.246 e. The van der Waals surface area contributed by atoms with Crippen molar-refractivity contribution in [3.8, 4) is 22.3 Å². The molecule has 238 valence electrons. The van der Waals surface area contributed by atoms with Crippen molar-refractivity contribution < 1.29 is 28.6 Å². The maximum atomic E-state index is 15.5. The second-order valence-corrected chi connectivity index (χ2v) is 14.7. The molecule has 1 aromatic heterocycles. The van der Waals surface area contributed by atoms with Gasteiger partial charge in [0.1, 0.15) is 35.0 Å². The fourth-order valence-corrected chi connectivity index (χ4v) is 6.12. The van der Waals surface area contributed by atoms with E-state index >= 15 is 4.39 Å². The summed E-state index contributed by atoms with van der Waals surface area (Å²) in [5.41, 5.74) is 1.65. The SMILES string of the molecule is Cc1ncsc1-c1ccc([C@H](C)NC(=O)[C@@H]2[C@@H](F)[C@@H](O)CN2C(=O)[C@@H](NC(=O)C2(C#N)CC2)C(C)(C)C)c(OC(C)(C)C)c1. The Bertz CT molecular complexity index is 1470. The summed E-state index contributed by atoms with van der Waals surface area (Å²) in [5.74, 6) is -1.52. The van der Waals surface area contributed by atoms with Crippen molar-refractivity contribution in [2.45, 2.75) is 104 Å². The molecule has 1 aromatic carbocycles. The Kier molecular flexibility index (Phi) is 9.16. The zero-order valence-electron chi connectivity index (χ0n) is 26.5. The van der Waals surface area contributed by atoms with Crippen molar-refractivity contribution in [3.63, 3.8) is 0 Å². The highest BCUT2D eigenvalue weighted by Crippen LogP contribution is 2.45. The molecule has 1 saturated heterocycles. The van der Waals surface area contributed by atoms with Gasteiger partial charge in [-0.15, -0.1) is 11.3 Å². The number of alkyl halides is 1. The molecule has 10 nitrogen and oxygen atoms in total. The number of aryl methyl sites for hydroxylation is 1. The van der Waals surface area contributed by atoms with Gasteiger partial charge in [0.15, 0.2) is 6.17 Å². The Balaban J connectivity index is 1.59. The molecule has 3 N–H and O–H groups in total. The number of likely N-dealkylation sites (tertiary alicyclic amines) is 1. The normalized spacial score (nSPS) is 22.5. The predicted molar refractivity (Wildman–Crippen MR) is 164 cm³/mol. The summed E-state index contributed by atoms with van der Waals surface area (Å²) in [6.45, 7) is 14.2. The van der Waals surface area contributed by atoms with Crippen molar-refractivity contribution in [1.29, 1.82) is 5.26 Å². The topological polar surface area (TPSA) is 145 Å². The molecular weight excluding hydrogens is 585 g/mol. The summed E-state index contributed by atoms with van der Waals surface area (Å²) in [4.78, 5) is 46.8. The van der Waals surface area contributed by atoms with E-state index in [4.69, 9.17) is 4.74 Å². The highest BCUT2D eigenvalue weighted by molar-refractivity contribution is 7.13. The number of carbonyl (C=O) groups excluding carboxylic acids is 3. The molecule has 1 aliphatic heterocycles. The van der Waals surface area contributed by atoms with Gasteiger partial charge in [0.2, 0.25) is 17.7 Å². The molecule has 2 fully saturated rings. The van der Waals surface area contributed by atoms with Crippen LogP contribution in [0.4, 0.5) is 4.39 Å². The van der Waals surface area contributed by atoms with E-state index in [9.17, 15) is 24.8 Å². The van der Waals surface area contributed by atoms with Crippen LogP contribution in [0.3, 0.4) is 0 Å². The number of aliphatic hydroxyl groups is 1. The smallest absolute Gasteiger partial charge is 0.246 e. The number of thiazole rings is 1. The van der Waals surface area contributed by atoms with Crippen LogP contribution < -0.4 is 15.4 Å². The van der Waals surface area contributed by atoms with Gasteiger partial charge in [-0.05, 0) is 64.5 Å². The second-order valence-electron chi connectivity index (χ2n) is 13.9. The van der Waals surface area contributed by atoms with Crippen LogP contribution in [-0.2, 0) is 14.4 Å². The first-order valence-electron chi connectivity index (χ1n) is 14.8. The van der Waals surface area contributed by atoms with Gasteiger partial charge in [0, 0.05) is 5.56 Å². The number of benzene rings is 1. The van der Waals surface area contributed by atoms with Crippen LogP contribution in [0.25, 0.3) is 10.4 Å². The number of β-amino-alcohol motifs (C(OH)–C–C–N with tert-alkyl or cyclic N) is 1. The van der Waals surface area contributed by atoms with Crippen molar-refractivity contribution in [2.75, 3.05) is 6.54 Å². The maximum absolute atomic E-state index is 15.5. The third kappa shape index (κ3) is 6.89. The lowest BCUT2D eigenvalue weighted by Crippen LogP contribution is -2.59. The molecule has 4 rings (SSSR count). The van der Waals surface area contributed by atoms with Gasteiger partial charge in [-0.3, -0.25) is 14.4 Å². The van der Waals surface area contributed by atoms with Crippen molar-refractivity contribution in [2.24, 2.45) is 10.8 Å². The van der Waals surface area contributed by atoms with Gasteiger partial charge in [-0.2, -0.15) is 5.26 Å². The summed E-state index contributed by atoms with van der Waals surface area (Å²) in [5, 5.41) is 25.4. The van der Waals surface area contributed by atoms with Gasteiger partial charge in [0.05, 0.1) is 34.7 Å². The van der Waals surface area contributed by atoms with Crippen LogP contribution in [0.1, 0.15) is 78.6 Å². The summed E-state index contributed by atoms with van der Waals surface area (Å²) in [6, 6.07) is 4.22. The molecule has 1 aliphatic carbocycles. The predicted octanol–water partition coefficient (Wildman–Crippen LogP) is 4.22. The highest BCUT2D eigenvalue weighted by atomic mass is 32.1. The van der Waals surface area contributed by atoms with Crippen LogP contribution in [-0.4, -0.2) is 69.2 Å². The molecule has 0 spiro atoms. The number of hydrogen-bond donors (Lipinski definition) is 3. The average Bonchev–Trinajstić information content (AvgIpc) is 3.52. The number of halogens is 1. The van der Waals surface area contributed by atoms with Gasteiger partial charge in [-0.25, -0.2) is 9.37 Å². The van der Waals surface area contributed by atoms with E-state index in [0.29, 0.717) is 24.2 Å². The van der Waals surface area contributed by atoms with Gasteiger partial charge in [0.25, 0.3) is 0 Å². The first-order valence-corrected chi connectivity index (χ1v) is 15.6. The number of carbonyl (C=O) groups is 3. The summed E-state index contributed by atoms with van der Waals surface area (Å²) < 4.78 is 21.7. The fraction of sp³-hybridized carbons (Fsp3) is 0.594. The largest absolute Gasteiger partial charge is 0.488 e. The van der Waals surface area contributed by atoms with E-state index < -0.39 is 71.1 Å². The van der Waals surface area contributed by atoms with E-state index in [-0.39, 0.29) is 0 Å². The molecule has 3 amide bonds. The second kappa shape index (κ2) is 12.1. The van der Waals surface area contributed by atoms with Gasteiger partial charge >= 0.3 is 0 Å². The molecule has 12 heteroatoms. The minimum Gasteiger partial charge on any atom is -0.488 e. The van der Waals surface area contributed by atoms with Crippen LogP contribution in [0, 0.1) is 29.1 Å². The Labute approximate surface area is 262 Å². The van der Waals surface area contributed by atoms with Gasteiger partial charge < -0.3 is 25.4 Å². The first-order chi connectivity index (χ1) is 20.4. The van der Waals surface area contributed by atoms with Crippen molar-refractivity contribution in [1.82, 2.24) is 20.5 Å².